The van der Waals surface area contributed by atoms with E-state index in [0.29, 0.717) is 0 Å². The Hall–Kier alpha value is -1.14. The highest BCUT2D eigenvalue weighted by Gasteiger charge is 2.24. The monoisotopic (exact) mass is 246 g/mol. The highest BCUT2D eigenvalue weighted by molar-refractivity contribution is 5.83. The van der Waals surface area contributed by atoms with Crippen molar-refractivity contribution in [3.8, 4) is 0 Å². The lowest BCUT2D eigenvalue weighted by Gasteiger charge is -2.25. The molecule has 0 aromatic heterocycles. The fourth-order valence-electron chi connectivity index (χ4n) is 1.21. The van der Waals surface area contributed by atoms with Crippen molar-refractivity contribution < 1.29 is 19.4 Å². The van der Waals surface area contributed by atoms with Gasteiger partial charge in [0, 0.05) is 12.6 Å². The molecule has 0 bridgehead atoms. The van der Waals surface area contributed by atoms with E-state index in [1.807, 2.05) is 20.8 Å². The highest BCUT2D eigenvalue weighted by atomic mass is 16.5. The van der Waals surface area contributed by atoms with Crippen molar-refractivity contribution in [1.29, 1.82) is 0 Å². The molecule has 0 aromatic rings. The quantitative estimate of drug-likeness (QED) is 0.613. The van der Waals surface area contributed by atoms with Crippen LogP contribution in [-0.4, -0.2) is 48.3 Å². The summed E-state index contributed by atoms with van der Waals surface area (Å²) in [7, 11) is 1.41. The Morgan fingerprint density at radius 3 is 2.24 bits per heavy atom. The number of nitrogens with one attached hydrogen (secondary N) is 2. The smallest absolute Gasteiger partial charge is 0.323 e. The summed E-state index contributed by atoms with van der Waals surface area (Å²) >= 11 is 0. The van der Waals surface area contributed by atoms with Gasteiger partial charge in [-0.15, -0.1) is 0 Å². The topological polar surface area (TPSA) is 87.7 Å². The number of aliphatic carboxylic acids is 1. The van der Waals surface area contributed by atoms with E-state index in [2.05, 4.69) is 10.6 Å². The highest BCUT2D eigenvalue weighted by Crippen LogP contribution is 2.00. The molecule has 6 heteroatoms. The minimum Gasteiger partial charge on any atom is -0.480 e. The Balaban J connectivity index is 4.35. The summed E-state index contributed by atoms with van der Waals surface area (Å²) in [5.74, 6) is -1.28. The molecule has 0 heterocycles. The third-order valence-electron chi connectivity index (χ3n) is 1.97. The zero-order valence-corrected chi connectivity index (χ0v) is 11.0. The molecule has 0 aliphatic rings. The molecule has 17 heavy (non-hydrogen) atoms. The van der Waals surface area contributed by atoms with Gasteiger partial charge in [-0.3, -0.25) is 14.9 Å². The number of carbonyl (C=O) groups is 2. The molecule has 0 rings (SSSR count). The van der Waals surface area contributed by atoms with Gasteiger partial charge < -0.3 is 15.2 Å². The number of hydrogen-bond donors (Lipinski definition) is 3. The SMILES string of the molecule is COCC(NC(C)C(=O)NC(C)(C)C)C(=O)O. The lowest BCUT2D eigenvalue weighted by molar-refractivity contribution is -0.141. The molecule has 6 nitrogen and oxygen atoms in total. The molecule has 0 aliphatic heterocycles. The lowest BCUT2D eigenvalue weighted by atomic mass is 10.1. The molecule has 100 valence electrons. The fourth-order valence-corrected chi connectivity index (χ4v) is 1.21. The molecule has 0 fully saturated rings. The number of methoxy groups -OCH3 is 1. The number of rotatable bonds is 6. The van der Waals surface area contributed by atoms with Crippen molar-refractivity contribution in [1.82, 2.24) is 10.6 Å². The second-order valence-electron chi connectivity index (χ2n) is 4.97. The minimum absolute atomic E-state index is 0.0163. The van der Waals surface area contributed by atoms with Gasteiger partial charge in [0.1, 0.15) is 6.04 Å². The van der Waals surface area contributed by atoms with Gasteiger partial charge in [0.05, 0.1) is 12.6 Å². The Morgan fingerprint density at radius 1 is 1.35 bits per heavy atom. The molecule has 1 amide bonds. The summed E-state index contributed by atoms with van der Waals surface area (Å²) in [6, 6.07) is -1.48. The van der Waals surface area contributed by atoms with Crippen LogP contribution in [0.1, 0.15) is 27.7 Å². The summed E-state index contributed by atoms with van der Waals surface area (Å²) < 4.78 is 4.77. The average Bonchev–Trinajstić information content (AvgIpc) is 2.13. The van der Waals surface area contributed by atoms with Crippen molar-refractivity contribution in [2.24, 2.45) is 0 Å². The molecule has 2 unspecified atom stereocenters. The molecule has 0 saturated heterocycles. The molecule has 3 N–H and O–H groups in total. The van der Waals surface area contributed by atoms with Gasteiger partial charge in [-0.05, 0) is 27.7 Å². The number of carboxylic acid groups (broad SMARTS) is 1. The molecule has 0 spiro atoms. The summed E-state index contributed by atoms with van der Waals surface area (Å²) in [5, 5.41) is 14.4. The van der Waals surface area contributed by atoms with E-state index in [1.54, 1.807) is 6.92 Å². The van der Waals surface area contributed by atoms with E-state index >= 15 is 0 Å². The Bertz CT molecular complexity index is 273. The van der Waals surface area contributed by atoms with Gasteiger partial charge in [-0.25, -0.2) is 0 Å². The van der Waals surface area contributed by atoms with Crippen LogP contribution in [0, 0.1) is 0 Å². The van der Waals surface area contributed by atoms with Crippen molar-refractivity contribution in [3.05, 3.63) is 0 Å². The zero-order valence-electron chi connectivity index (χ0n) is 11.0. The summed E-state index contributed by atoms with van der Waals surface area (Å²) in [6.45, 7) is 7.22. The number of hydrogen-bond acceptors (Lipinski definition) is 4. The second kappa shape index (κ2) is 6.56. The van der Waals surface area contributed by atoms with Crippen molar-refractivity contribution in [2.75, 3.05) is 13.7 Å². The van der Waals surface area contributed by atoms with Crippen LogP contribution in [0.4, 0.5) is 0 Å². The van der Waals surface area contributed by atoms with Crippen LogP contribution in [0.5, 0.6) is 0 Å². The number of amides is 1. The fraction of sp³-hybridized carbons (Fsp3) is 0.818. The maximum Gasteiger partial charge on any atom is 0.323 e. The van der Waals surface area contributed by atoms with Gasteiger partial charge in [0.25, 0.3) is 0 Å². The van der Waals surface area contributed by atoms with Crippen molar-refractivity contribution in [2.45, 2.75) is 45.3 Å². The zero-order chi connectivity index (χ0) is 13.6. The van der Waals surface area contributed by atoms with Crippen LogP contribution in [-0.2, 0) is 14.3 Å². The third-order valence-corrected chi connectivity index (χ3v) is 1.97. The van der Waals surface area contributed by atoms with Crippen LogP contribution >= 0.6 is 0 Å². The number of carbonyl (C=O) groups excluding carboxylic acids is 1. The number of ether oxygens (including phenoxy) is 1. The first kappa shape index (κ1) is 15.9. The van der Waals surface area contributed by atoms with E-state index < -0.39 is 18.1 Å². The Kier molecular flexibility index (Phi) is 6.12. The predicted octanol–water partition coefficient (Wildman–Crippen LogP) is -0.0212. The molecule has 0 aromatic carbocycles. The first-order valence-corrected chi connectivity index (χ1v) is 5.47. The normalized spacial score (nSPS) is 15.1. The van der Waals surface area contributed by atoms with Gasteiger partial charge in [-0.2, -0.15) is 0 Å². The van der Waals surface area contributed by atoms with Crippen LogP contribution in [0.2, 0.25) is 0 Å². The maximum absolute atomic E-state index is 11.7. The summed E-state index contributed by atoms with van der Waals surface area (Å²) in [5.41, 5.74) is -0.340. The van der Waals surface area contributed by atoms with Crippen LogP contribution in [0.3, 0.4) is 0 Å². The van der Waals surface area contributed by atoms with Crippen molar-refractivity contribution in [3.63, 3.8) is 0 Å². The molecular formula is C11H22N2O4. The molecule has 2 atom stereocenters. The van der Waals surface area contributed by atoms with Crippen molar-refractivity contribution >= 4 is 11.9 Å². The average molecular weight is 246 g/mol. The van der Waals surface area contributed by atoms with E-state index in [1.165, 1.54) is 7.11 Å². The summed E-state index contributed by atoms with van der Waals surface area (Å²) in [6.07, 6.45) is 0. The first-order valence-electron chi connectivity index (χ1n) is 5.47. The van der Waals surface area contributed by atoms with Gasteiger partial charge in [0.15, 0.2) is 0 Å². The Morgan fingerprint density at radius 2 is 1.88 bits per heavy atom. The van der Waals surface area contributed by atoms with E-state index in [0.717, 1.165) is 0 Å². The van der Waals surface area contributed by atoms with Gasteiger partial charge in [0.2, 0.25) is 5.91 Å². The van der Waals surface area contributed by atoms with Crippen LogP contribution in [0.15, 0.2) is 0 Å². The minimum atomic E-state index is -1.04. The maximum atomic E-state index is 11.7. The predicted molar refractivity (Wildman–Crippen MR) is 63.8 cm³/mol. The first-order chi connectivity index (χ1) is 7.67. The number of carboxylic acids is 1. The van der Waals surface area contributed by atoms with E-state index in [9.17, 15) is 9.59 Å². The Labute approximate surface area is 102 Å². The van der Waals surface area contributed by atoms with E-state index in [-0.39, 0.29) is 18.1 Å². The molecular weight excluding hydrogens is 224 g/mol. The molecule has 0 radical (unpaired) electrons. The van der Waals surface area contributed by atoms with Gasteiger partial charge in [-0.1, -0.05) is 0 Å². The third kappa shape index (κ3) is 6.91. The summed E-state index contributed by atoms with van der Waals surface area (Å²) in [4.78, 5) is 22.6. The van der Waals surface area contributed by atoms with Gasteiger partial charge >= 0.3 is 5.97 Å². The largest absolute Gasteiger partial charge is 0.480 e. The lowest BCUT2D eigenvalue weighted by Crippen LogP contribution is -2.54. The molecule has 0 aliphatic carbocycles. The standard InChI is InChI=1S/C11H22N2O4/c1-7(9(14)13-11(2,3)4)12-8(6-17-5)10(15)16/h7-8,12H,6H2,1-5H3,(H,13,14)(H,15,16). The second-order valence-corrected chi connectivity index (χ2v) is 4.97. The van der Waals surface area contributed by atoms with Crippen LogP contribution < -0.4 is 10.6 Å². The molecule has 0 saturated carbocycles. The van der Waals surface area contributed by atoms with E-state index in [4.69, 9.17) is 9.84 Å². The van der Waals surface area contributed by atoms with Crippen LogP contribution in [0.25, 0.3) is 0 Å².